The number of ether oxygens (including phenoxy) is 1. The first-order valence-corrected chi connectivity index (χ1v) is 14.2. The van der Waals surface area contributed by atoms with Gasteiger partial charge in [0.1, 0.15) is 5.75 Å². The summed E-state index contributed by atoms with van der Waals surface area (Å²) >= 11 is 0. The van der Waals surface area contributed by atoms with Crippen LogP contribution in [0.2, 0.25) is 0 Å². The van der Waals surface area contributed by atoms with Crippen LogP contribution in [0.25, 0.3) is 0 Å². The number of carbonyl (C=O) groups excluding carboxylic acids is 1. The third-order valence-corrected chi connectivity index (χ3v) is 8.77. The number of halogens is 3. The second kappa shape index (κ2) is 11.8. The van der Waals surface area contributed by atoms with E-state index >= 15 is 0 Å². The van der Waals surface area contributed by atoms with Crippen LogP contribution >= 0.6 is 0 Å². The van der Waals surface area contributed by atoms with E-state index in [0.29, 0.717) is 18.2 Å². The molecule has 5 rings (SSSR count). The topological polar surface area (TPSA) is 44.8 Å². The average Bonchev–Trinajstić information content (AvgIpc) is 2.87. The van der Waals surface area contributed by atoms with Gasteiger partial charge in [0.15, 0.2) is 0 Å². The number of benzene rings is 1. The van der Waals surface area contributed by atoms with Crippen molar-refractivity contribution in [3.05, 3.63) is 41.5 Å². The number of hydrogen-bond donors (Lipinski definition) is 1. The number of piperidine rings is 3. The molecule has 0 spiro atoms. The summed E-state index contributed by atoms with van der Waals surface area (Å²) in [5.74, 6) is 0.980. The number of unbranched alkanes of at least 4 members (excludes halogenated alkanes) is 3. The van der Waals surface area contributed by atoms with Crippen molar-refractivity contribution in [3.63, 3.8) is 0 Å². The number of hydrogen-bond acceptors (Lipinski definition) is 4. The minimum absolute atomic E-state index is 0.273. The van der Waals surface area contributed by atoms with Crippen molar-refractivity contribution in [3.8, 4) is 5.75 Å². The number of nitrogens with one attached hydrogen (secondary N) is 1. The first kappa shape index (κ1) is 26.5. The molecule has 4 atom stereocenters. The number of rotatable bonds is 9. The van der Waals surface area contributed by atoms with E-state index in [-0.39, 0.29) is 11.7 Å². The molecule has 204 valence electrons. The zero-order valence-corrected chi connectivity index (χ0v) is 21.6. The summed E-state index contributed by atoms with van der Waals surface area (Å²) in [5.41, 5.74) is 2.07. The summed E-state index contributed by atoms with van der Waals surface area (Å²) in [6.07, 6.45) is 10.3. The number of carbonyl (C=O) groups is 1. The summed E-state index contributed by atoms with van der Waals surface area (Å²) in [6, 6.07) is 6.48. The van der Waals surface area contributed by atoms with E-state index in [4.69, 9.17) is 0 Å². The molecule has 0 saturated carbocycles. The van der Waals surface area contributed by atoms with E-state index in [0.717, 1.165) is 55.8 Å². The third kappa shape index (κ3) is 6.69. The van der Waals surface area contributed by atoms with Gasteiger partial charge in [-0.2, -0.15) is 0 Å². The first-order valence-electron chi connectivity index (χ1n) is 14.2. The molecule has 37 heavy (non-hydrogen) atoms. The third-order valence-electron chi connectivity index (χ3n) is 8.77. The Balaban J connectivity index is 1.01. The number of nitrogens with zero attached hydrogens (tertiary/aromatic N) is 2. The van der Waals surface area contributed by atoms with Crippen molar-refractivity contribution in [2.75, 3.05) is 32.7 Å². The number of alkyl halides is 3. The Hall–Kier alpha value is -2.06. The lowest BCUT2D eigenvalue weighted by Crippen LogP contribution is -2.59. The summed E-state index contributed by atoms with van der Waals surface area (Å²) in [6.45, 7) is 5.53. The zero-order chi connectivity index (χ0) is 25.8. The summed E-state index contributed by atoms with van der Waals surface area (Å²) in [4.78, 5) is 17.8. The van der Waals surface area contributed by atoms with Crippen LogP contribution in [0.3, 0.4) is 0 Å². The predicted octanol–water partition coefficient (Wildman–Crippen LogP) is 5.77. The molecule has 0 aromatic heterocycles. The predicted molar refractivity (Wildman–Crippen MR) is 137 cm³/mol. The first-order chi connectivity index (χ1) is 17.9. The Kier molecular flexibility index (Phi) is 8.44. The van der Waals surface area contributed by atoms with Crippen LogP contribution in [0.4, 0.5) is 13.2 Å². The highest BCUT2D eigenvalue weighted by Crippen LogP contribution is 2.45. The second-order valence-electron chi connectivity index (χ2n) is 11.3. The Morgan fingerprint density at radius 2 is 1.84 bits per heavy atom. The quantitative estimate of drug-likeness (QED) is 0.332. The van der Waals surface area contributed by atoms with Gasteiger partial charge < -0.3 is 10.1 Å². The van der Waals surface area contributed by atoms with Crippen molar-refractivity contribution in [2.24, 2.45) is 11.8 Å². The molecule has 8 heteroatoms. The van der Waals surface area contributed by atoms with Crippen LogP contribution in [0.1, 0.15) is 74.6 Å². The van der Waals surface area contributed by atoms with Crippen molar-refractivity contribution in [1.29, 1.82) is 0 Å². The molecule has 3 saturated heterocycles. The molecule has 3 aliphatic heterocycles. The summed E-state index contributed by atoms with van der Waals surface area (Å²) in [7, 11) is 0. The molecule has 0 unspecified atom stereocenters. The van der Waals surface area contributed by atoms with Gasteiger partial charge in [-0.1, -0.05) is 30.9 Å². The fraction of sp³-hybridized carbons (Fsp3) is 0.690. The lowest BCUT2D eigenvalue weighted by atomic mass is 9.68. The van der Waals surface area contributed by atoms with Gasteiger partial charge in [-0.05, 0) is 101 Å². The van der Waals surface area contributed by atoms with E-state index in [1.54, 1.807) is 5.57 Å². The highest BCUT2D eigenvalue weighted by molar-refractivity contribution is 5.94. The molecule has 3 fully saturated rings. The van der Waals surface area contributed by atoms with E-state index in [1.165, 1.54) is 76.7 Å². The van der Waals surface area contributed by atoms with E-state index < -0.39 is 6.36 Å². The molecule has 4 aliphatic rings. The lowest BCUT2D eigenvalue weighted by molar-refractivity contribution is -0.274. The van der Waals surface area contributed by atoms with E-state index in [9.17, 15) is 18.0 Å². The Labute approximate surface area is 218 Å². The number of amides is 1. The molecule has 1 N–H and O–H groups in total. The Morgan fingerprint density at radius 1 is 1.03 bits per heavy atom. The minimum atomic E-state index is -4.73. The minimum Gasteiger partial charge on any atom is -0.406 e. The SMILES string of the molecule is O=C(NCCCCCCN1CCCC2=C[C@@H]3C[C@@H](CN4CCCC[C@H]34)[C@@H]21)c1ccc(OC(F)(F)F)cc1. The molecule has 3 heterocycles. The highest BCUT2D eigenvalue weighted by Gasteiger charge is 2.45. The van der Waals surface area contributed by atoms with Gasteiger partial charge in [0.25, 0.3) is 5.91 Å². The van der Waals surface area contributed by atoms with Crippen LogP contribution in [0.5, 0.6) is 5.75 Å². The maximum absolute atomic E-state index is 12.3. The highest BCUT2D eigenvalue weighted by atomic mass is 19.4. The fourth-order valence-electron chi connectivity index (χ4n) is 7.24. The smallest absolute Gasteiger partial charge is 0.406 e. The normalized spacial score (nSPS) is 28.1. The molecular formula is C29H40F3N3O2. The number of likely N-dealkylation sites (tertiary alicyclic amines) is 1. The van der Waals surface area contributed by atoms with Crippen LogP contribution < -0.4 is 10.1 Å². The standard InChI is InChI=1S/C29H40F3N3O2/c30-29(31,32)37-25-12-10-21(11-13-25)28(36)33-14-4-1-2-5-15-34-17-7-8-22-18-23-19-24(27(22)34)20-35-16-6-3-9-26(23)35/h10-13,18,23-24,26-27H,1-9,14-17,19-20H2,(H,33,36)/t23-,24+,26-,27-/m1/s1. The molecule has 2 bridgehead atoms. The molecule has 1 amide bonds. The molecule has 5 nitrogen and oxygen atoms in total. The van der Waals surface area contributed by atoms with E-state index in [2.05, 4.69) is 25.9 Å². The van der Waals surface area contributed by atoms with Gasteiger partial charge in [0.2, 0.25) is 0 Å². The van der Waals surface area contributed by atoms with Gasteiger partial charge in [-0.25, -0.2) is 0 Å². The van der Waals surface area contributed by atoms with Crippen LogP contribution in [0, 0.1) is 11.8 Å². The summed E-state index contributed by atoms with van der Waals surface area (Å²) < 4.78 is 40.7. The van der Waals surface area contributed by atoms with Gasteiger partial charge in [0, 0.05) is 30.7 Å². The average molecular weight is 520 g/mol. The van der Waals surface area contributed by atoms with Crippen molar-refractivity contribution in [2.45, 2.75) is 82.7 Å². The molecule has 1 aliphatic carbocycles. The Morgan fingerprint density at radius 3 is 2.65 bits per heavy atom. The maximum Gasteiger partial charge on any atom is 0.573 e. The van der Waals surface area contributed by atoms with Crippen molar-refractivity contribution >= 4 is 5.91 Å². The van der Waals surface area contributed by atoms with Crippen molar-refractivity contribution < 1.29 is 22.7 Å². The largest absolute Gasteiger partial charge is 0.573 e. The molecule has 1 aromatic carbocycles. The number of fused-ring (bicyclic) bond motifs is 6. The van der Waals surface area contributed by atoms with Gasteiger partial charge in [-0.3, -0.25) is 14.6 Å². The van der Waals surface area contributed by atoms with Crippen LogP contribution in [-0.4, -0.2) is 66.9 Å². The van der Waals surface area contributed by atoms with Crippen LogP contribution in [0.15, 0.2) is 35.9 Å². The Bertz CT molecular complexity index is 949. The van der Waals surface area contributed by atoms with Gasteiger partial charge >= 0.3 is 6.36 Å². The molecule has 1 aromatic rings. The maximum atomic E-state index is 12.3. The zero-order valence-electron chi connectivity index (χ0n) is 21.6. The van der Waals surface area contributed by atoms with Gasteiger partial charge in [0.05, 0.1) is 0 Å². The monoisotopic (exact) mass is 519 g/mol. The fourth-order valence-corrected chi connectivity index (χ4v) is 7.24. The van der Waals surface area contributed by atoms with Crippen LogP contribution in [-0.2, 0) is 0 Å². The lowest BCUT2D eigenvalue weighted by Gasteiger charge is -2.55. The molecule has 0 radical (unpaired) electrons. The van der Waals surface area contributed by atoms with Crippen molar-refractivity contribution in [1.82, 2.24) is 15.1 Å². The second-order valence-corrected chi connectivity index (χ2v) is 11.3. The summed E-state index contributed by atoms with van der Waals surface area (Å²) in [5, 5.41) is 2.87. The molecular weight excluding hydrogens is 479 g/mol. The van der Waals surface area contributed by atoms with E-state index in [1.807, 2.05) is 0 Å². The van der Waals surface area contributed by atoms with Gasteiger partial charge in [-0.15, -0.1) is 13.2 Å².